The highest BCUT2D eigenvalue weighted by Gasteiger charge is 2.04. The molecular formula is C11H16N2O2. The summed E-state index contributed by atoms with van der Waals surface area (Å²) in [5.74, 6) is 0.770. The summed E-state index contributed by atoms with van der Waals surface area (Å²) in [4.78, 5) is 12.7. The molecule has 0 unspecified atom stereocenters. The largest absolute Gasteiger partial charge is 0.492 e. The van der Waals surface area contributed by atoms with E-state index in [9.17, 15) is 4.79 Å². The Balaban J connectivity index is 2.67. The van der Waals surface area contributed by atoms with Gasteiger partial charge in [0.15, 0.2) is 0 Å². The molecule has 82 valence electrons. The molecule has 0 aliphatic heterocycles. The van der Waals surface area contributed by atoms with Crippen molar-refractivity contribution in [2.75, 3.05) is 25.1 Å². The molecular weight excluding hydrogens is 192 g/mol. The fourth-order valence-corrected chi connectivity index (χ4v) is 1.12. The minimum absolute atomic E-state index is 0.00521. The van der Waals surface area contributed by atoms with Gasteiger partial charge in [-0.25, -0.2) is 0 Å². The summed E-state index contributed by atoms with van der Waals surface area (Å²) >= 11 is 0. The van der Waals surface area contributed by atoms with Crippen molar-refractivity contribution in [2.45, 2.75) is 6.92 Å². The molecule has 1 aromatic rings. The van der Waals surface area contributed by atoms with Crippen LogP contribution in [0.2, 0.25) is 0 Å². The maximum Gasteiger partial charge on any atom is 0.223 e. The van der Waals surface area contributed by atoms with E-state index in [1.54, 1.807) is 11.9 Å². The van der Waals surface area contributed by atoms with Crippen molar-refractivity contribution in [3.05, 3.63) is 24.3 Å². The SMILES string of the molecule is CC(=O)N(C)c1ccc(OCCN)cc1. The number of ether oxygens (including phenoxy) is 1. The lowest BCUT2D eigenvalue weighted by Gasteiger charge is -2.15. The third-order valence-electron chi connectivity index (χ3n) is 2.08. The molecule has 0 radical (unpaired) electrons. The quantitative estimate of drug-likeness (QED) is 0.803. The molecule has 0 fully saturated rings. The van der Waals surface area contributed by atoms with Crippen molar-refractivity contribution in [1.82, 2.24) is 0 Å². The van der Waals surface area contributed by atoms with Gasteiger partial charge in [-0.1, -0.05) is 0 Å². The van der Waals surface area contributed by atoms with Gasteiger partial charge >= 0.3 is 0 Å². The van der Waals surface area contributed by atoms with Crippen LogP contribution in [0.15, 0.2) is 24.3 Å². The van der Waals surface area contributed by atoms with Gasteiger partial charge in [0.25, 0.3) is 0 Å². The molecule has 4 nitrogen and oxygen atoms in total. The lowest BCUT2D eigenvalue weighted by Crippen LogP contribution is -2.22. The van der Waals surface area contributed by atoms with Crippen molar-refractivity contribution in [3.63, 3.8) is 0 Å². The standard InChI is InChI=1S/C11H16N2O2/c1-9(14)13(2)10-3-5-11(6-4-10)15-8-7-12/h3-6H,7-8,12H2,1-2H3. The number of hydrogen-bond donors (Lipinski definition) is 1. The fraction of sp³-hybridized carbons (Fsp3) is 0.364. The highest BCUT2D eigenvalue weighted by Crippen LogP contribution is 2.18. The molecule has 2 N–H and O–H groups in total. The van der Waals surface area contributed by atoms with E-state index >= 15 is 0 Å². The van der Waals surface area contributed by atoms with Crippen LogP contribution in [-0.4, -0.2) is 26.1 Å². The van der Waals surface area contributed by atoms with Gasteiger partial charge in [0.05, 0.1) is 0 Å². The molecule has 1 amide bonds. The second-order valence-corrected chi connectivity index (χ2v) is 3.21. The van der Waals surface area contributed by atoms with E-state index in [0.717, 1.165) is 11.4 Å². The summed E-state index contributed by atoms with van der Waals surface area (Å²) in [6.07, 6.45) is 0. The van der Waals surface area contributed by atoms with Crippen LogP contribution in [0.3, 0.4) is 0 Å². The van der Waals surface area contributed by atoms with Crippen LogP contribution in [0.4, 0.5) is 5.69 Å². The van der Waals surface area contributed by atoms with E-state index < -0.39 is 0 Å². The van der Waals surface area contributed by atoms with Crippen LogP contribution in [0, 0.1) is 0 Å². The van der Waals surface area contributed by atoms with E-state index in [4.69, 9.17) is 10.5 Å². The number of hydrogen-bond acceptors (Lipinski definition) is 3. The molecule has 1 rings (SSSR count). The van der Waals surface area contributed by atoms with Crippen LogP contribution >= 0.6 is 0 Å². The lowest BCUT2D eigenvalue weighted by molar-refractivity contribution is -0.116. The average molecular weight is 208 g/mol. The highest BCUT2D eigenvalue weighted by molar-refractivity contribution is 5.90. The molecule has 0 aliphatic rings. The fourth-order valence-electron chi connectivity index (χ4n) is 1.12. The minimum Gasteiger partial charge on any atom is -0.492 e. The Morgan fingerprint density at radius 1 is 1.40 bits per heavy atom. The first-order chi connectivity index (χ1) is 7.15. The summed E-state index contributed by atoms with van der Waals surface area (Å²) in [6.45, 7) is 2.52. The van der Waals surface area contributed by atoms with Gasteiger partial charge in [0, 0.05) is 26.2 Å². The van der Waals surface area contributed by atoms with Gasteiger partial charge in [-0.05, 0) is 24.3 Å². The molecule has 0 saturated heterocycles. The zero-order valence-electron chi connectivity index (χ0n) is 9.06. The minimum atomic E-state index is 0.00521. The highest BCUT2D eigenvalue weighted by atomic mass is 16.5. The van der Waals surface area contributed by atoms with Gasteiger partial charge in [0.2, 0.25) is 5.91 Å². The topological polar surface area (TPSA) is 55.6 Å². The first kappa shape index (κ1) is 11.5. The van der Waals surface area contributed by atoms with Crippen molar-refractivity contribution in [2.24, 2.45) is 5.73 Å². The number of carbonyl (C=O) groups excluding carboxylic acids is 1. The van der Waals surface area contributed by atoms with E-state index in [1.807, 2.05) is 24.3 Å². The summed E-state index contributed by atoms with van der Waals surface area (Å²) < 4.78 is 5.32. The summed E-state index contributed by atoms with van der Waals surface area (Å²) in [5.41, 5.74) is 6.17. The van der Waals surface area contributed by atoms with Gasteiger partial charge in [0.1, 0.15) is 12.4 Å². The molecule has 0 spiro atoms. The van der Waals surface area contributed by atoms with Crippen LogP contribution < -0.4 is 15.4 Å². The number of nitrogens with two attached hydrogens (primary N) is 1. The number of amides is 1. The van der Waals surface area contributed by atoms with Gasteiger partial charge in [-0.15, -0.1) is 0 Å². The van der Waals surface area contributed by atoms with E-state index in [2.05, 4.69) is 0 Å². The predicted molar refractivity (Wildman–Crippen MR) is 60.1 cm³/mol. The molecule has 0 bridgehead atoms. The molecule has 0 aromatic heterocycles. The predicted octanol–water partition coefficient (Wildman–Crippen LogP) is 1.01. The zero-order chi connectivity index (χ0) is 11.3. The van der Waals surface area contributed by atoms with Crippen molar-refractivity contribution in [3.8, 4) is 5.75 Å². The molecule has 0 heterocycles. The van der Waals surface area contributed by atoms with Gasteiger partial charge in [-0.2, -0.15) is 0 Å². The first-order valence-corrected chi connectivity index (χ1v) is 4.82. The molecule has 1 aromatic carbocycles. The number of carbonyl (C=O) groups is 1. The molecule has 4 heteroatoms. The Morgan fingerprint density at radius 3 is 2.47 bits per heavy atom. The third kappa shape index (κ3) is 3.25. The molecule has 15 heavy (non-hydrogen) atoms. The Labute approximate surface area is 89.6 Å². The Hall–Kier alpha value is -1.55. The Kier molecular flexibility index (Phi) is 4.12. The van der Waals surface area contributed by atoms with E-state index in [0.29, 0.717) is 13.2 Å². The summed E-state index contributed by atoms with van der Waals surface area (Å²) in [5, 5.41) is 0. The smallest absolute Gasteiger partial charge is 0.223 e. The van der Waals surface area contributed by atoms with E-state index in [-0.39, 0.29) is 5.91 Å². The van der Waals surface area contributed by atoms with Crippen molar-refractivity contribution >= 4 is 11.6 Å². The van der Waals surface area contributed by atoms with Crippen molar-refractivity contribution < 1.29 is 9.53 Å². The van der Waals surface area contributed by atoms with Crippen LogP contribution in [-0.2, 0) is 4.79 Å². The number of nitrogens with zero attached hydrogens (tertiary/aromatic N) is 1. The van der Waals surface area contributed by atoms with E-state index in [1.165, 1.54) is 6.92 Å². The normalized spacial score (nSPS) is 9.80. The Bertz CT molecular complexity index is 322. The summed E-state index contributed by atoms with van der Waals surface area (Å²) in [6, 6.07) is 7.33. The van der Waals surface area contributed by atoms with Gasteiger partial charge < -0.3 is 15.4 Å². The monoisotopic (exact) mass is 208 g/mol. The average Bonchev–Trinajstić information content (AvgIpc) is 2.26. The lowest BCUT2D eigenvalue weighted by atomic mass is 10.3. The molecule has 0 aliphatic carbocycles. The molecule has 0 saturated carbocycles. The number of rotatable bonds is 4. The number of anilines is 1. The first-order valence-electron chi connectivity index (χ1n) is 4.82. The maximum atomic E-state index is 11.1. The summed E-state index contributed by atoms with van der Waals surface area (Å²) in [7, 11) is 1.73. The Morgan fingerprint density at radius 2 is 2.00 bits per heavy atom. The molecule has 0 atom stereocenters. The van der Waals surface area contributed by atoms with Crippen LogP contribution in [0.25, 0.3) is 0 Å². The van der Waals surface area contributed by atoms with Crippen LogP contribution in [0.1, 0.15) is 6.92 Å². The number of benzene rings is 1. The van der Waals surface area contributed by atoms with Crippen molar-refractivity contribution in [1.29, 1.82) is 0 Å². The zero-order valence-corrected chi connectivity index (χ0v) is 9.06. The maximum absolute atomic E-state index is 11.1. The second kappa shape index (κ2) is 5.36. The third-order valence-corrected chi connectivity index (χ3v) is 2.08. The van der Waals surface area contributed by atoms with Gasteiger partial charge in [-0.3, -0.25) is 4.79 Å². The van der Waals surface area contributed by atoms with Crippen LogP contribution in [0.5, 0.6) is 5.75 Å². The second-order valence-electron chi connectivity index (χ2n) is 3.21.